The van der Waals surface area contributed by atoms with E-state index in [1.165, 1.54) is 18.2 Å². The zero-order chi connectivity index (χ0) is 19.5. The first-order valence-electron chi connectivity index (χ1n) is 8.32. The first kappa shape index (κ1) is 21.1. The Balaban J connectivity index is 2.07. The fourth-order valence-corrected chi connectivity index (χ4v) is 5.10. The van der Waals surface area contributed by atoms with E-state index in [4.69, 9.17) is 11.6 Å². The van der Waals surface area contributed by atoms with Crippen LogP contribution in [0.3, 0.4) is 0 Å². The number of carbonyl (C=O) groups is 1. The lowest BCUT2D eigenvalue weighted by atomic mass is 10.0. The fourth-order valence-electron chi connectivity index (χ4n) is 2.85. The maximum Gasteiger partial charge on any atom is 0.255 e. The monoisotopic (exact) mass is 422 g/mol. The standard InChI is InChI=1S/C16H23ClN2O5S2/c1-3-10-26(23,24)18-12-6-8-19(9-7-12)16(20)14-11-13(25(2,21)22)4-5-15(14)17/h4-5,11-12,18H,3,6-10H2,1-2H3. The van der Waals surface area contributed by atoms with E-state index in [9.17, 15) is 21.6 Å². The molecule has 0 unspecified atom stereocenters. The number of benzene rings is 1. The number of hydrogen-bond donors (Lipinski definition) is 1. The van der Waals surface area contributed by atoms with Gasteiger partial charge in [0.25, 0.3) is 5.91 Å². The molecule has 1 aromatic carbocycles. The van der Waals surface area contributed by atoms with E-state index in [0.29, 0.717) is 32.4 Å². The molecule has 0 aromatic heterocycles. The summed E-state index contributed by atoms with van der Waals surface area (Å²) in [7, 11) is -6.74. The number of amides is 1. The number of sulfone groups is 1. The Bertz CT molecular complexity index is 876. The van der Waals surface area contributed by atoms with Gasteiger partial charge in [-0.2, -0.15) is 0 Å². The van der Waals surface area contributed by atoms with Crippen molar-refractivity contribution in [2.45, 2.75) is 37.1 Å². The molecule has 1 aliphatic rings. The summed E-state index contributed by atoms with van der Waals surface area (Å²) in [6.45, 7) is 2.55. The minimum atomic E-state index is -3.45. The van der Waals surface area contributed by atoms with Gasteiger partial charge in [-0.25, -0.2) is 21.6 Å². The van der Waals surface area contributed by atoms with Crippen molar-refractivity contribution in [2.75, 3.05) is 25.1 Å². The molecule has 0 aliphatic carbocycles. The van der Waals surface area contributed by atoms with Gasteiger partial charge in [0.2, 0.25) is 10.0 Å². The summed E-state index contributed by atoms with van der Waals surface area (Å²) < 4.78 is 49.7. The highest BCUT2D eigenvalue weighted by atomic mass is 35.5. The van der Waals surface area contributed by atoms with Gasteiger partial charge in [0.15, 0.2) is 9.84 Å². The summed E-state index contributed by atoms with van der Waals surface area (Å²) in [6, 6.07) is 3.85. The van der Waals surface area contributed by atoms with Crippen molar-refractivity contribution in [3.05, 3.63) is 28.8 Å². The van der Waals surface area contributed by atoms with Crippen LogP contribution in [0.2, 0.25) is 5.02 Å². The predicted molar refractivity (Wildman–Crippen MR) is 101 cm³/mol. The number of nitrogens with zero attached hydrogens (tertiary/aromatic N) is 1. The van der Waals surface area contributed by atoms with Crippen LogP contribution >= 0.6 is 11.6 Å². The Labute approximate surface area is 159 Å². The Kier molecular flexibility index (Phi) is 6.70. The second-order valence-electron chi connectivity index (χ2n) is 6.42. The highest BCUT2D eigenvalue weighted by Gasteiger charge is 2.27. The molecular formula is C16H23ClN2O5S2. The molecule has 146 valence electrons. The number of hydrogen-bond acceptors (Lipinski definition) is 5. The van der Waals surface area contributed by atoms with Crippen molar-refractivity contribution in [1.82, 2.24) is 9.62 Å². The number of nitrogens with one attached hydrogen (secondary N) is 1. The second kappa shape index (κ2) is 8.24. The highest BCUT2D eigenvalue weighted by Crippen LogP contribution is 2.24. The average Bonchev–Trinajstić information content (AvgIpc) is 2.53. The summed E-state index contributed by atoms with van der Waals surface area (Å²) in [5.41, 5.74) is 0.139. The van der Waals surface area contributed by atoms with Crippen LogP contribution in [0.5, 0.6) is 0 Å². The van der Waals surface area contributed by atoms with E-state index >= 15 is 0 Å². The molecule has 10 heteroatoms. The average molecular weight is 423 g/mol. The summed E-state index contributed by atoms with van der Waals surface area (Å²) in [5.74, 6) is -0.268. The van der Waals surface area contributed by atoms with Gasteiger partial charge in [0.05, 0.1) is 21.2 Å². The van der Waals surface area contributed by atoms with E-state index in [1.54, 1.807) is 11.8 Å². The van der Waals surface area contributed by atoms with Gasteiger partial charge >= 0.3 is 0 Å². The van der Waals surface area contributed by atoms with Gasteiger partial charge in [0, 0.05) is 25.4 Å². The maximum atomic E-state index is 12.7. The molecule has 0 bridgehead atoms. The fraction of sp³-hybridized carbons (Fsp3) is 0.562. The van der Waals surface area contributed by atoms with Crippen molar-refractivity contribution < 1.29 is 21.6 Å². The van der Waals surface area contributed by atoms with E-state index in [1.807, 2.05) is 0 Å². The minimum absolute atomic E-state index is 0.0347. The third-order valence-corrected chi connectivity index (χ3v) is 7.28. The van der Waals surface area contributed by atoms with Gasteiger partial charge in [-0.05, 0) is 37.5 Å². The summed E-state index contributed by atoms with van der Waals surface area (Å²) in [5, 5.41) is 0.188. The number of halogens is 1. The lowest BCUT2D eigenvalue weighted by molar-refractivity contribution is 0.0711. The van der Waals surface area contributed by atoms with Gasteiger partial charge in [-0.3, -0.25) is 4.79 Å². The van der Waals surface area contributed by atoms with Crippen LogP contribution < -0.4 is 4.72 Å². The van der Waals surface area contributed by atoms with Crippen molar-refractivity contribution >= 4 is 37.4 Å². The third kappa shape index (κ3) is 5.42. The smallest absolute Gasteiger partial charge is 0.255 e. The van der Waals surface area contributed by atoms with E-state index in [0.717, 1.165) is 6.26 Å². The summed E-state index contributed by atoms with van der Waals surface area (Å²) in [4.78, 5) is 14.3. The van der Waals surface area contributed by atoms with Crippen LogP contribution in [0.4, 0.5) is 0 Å². The largest absolute Gasteiger partial charge is 0.338 e. The number of rotatable bonds is 6. The van der Waals surface area contributed by atoms with E-state index in [2.05, 4.69) is 4.72 Å². The maximum absolute atomic E-state index is 12.7. The Morgan fingerprint density at radius 1 is 1.23 bits per heavy atom. The van der Waals surface area contributed by atoms with Crippen LogP contribution in [-0.4, -0.2) is 58.8 Å². The Morgan fingerprint density at radius 2 is 1.85 bits per heavy atom. The molecule has 0 radical (unpaired) electrons. The molecule has 1 fully saturated rings. The first-order chi connectivity index (χ1) is 12.0. The highest BCUT2D eigenvalue weighted by molar-refractivity contribution is 7.90. The molecule has 0 spiro atoms. The Morgan fingerprint density at radius 3 is 2.38 bits per heavy atom. The number of carbonyl (C=O) groups excluding carboxylic acids is 1. The van der Waals surface area contributed by atoms with E-state index in [-0.39, 0.29) is 33.2 Å². The summed E-state index contributed by atoms with van der Waals surface area (Å²) in [6.07, 6.45) is 2.61. The number of piperidine rings is 1. The molecule has 1 aliphatic heterocycles. The molecule has 1 aromatic rings. The van der Waals surface area contributed by atoms with Crippen molar-refractivity contribution in [3.63, 3.8) is 0 Å². The number of likely N-dealkylation sites (tertiary alicyclic amines) is 1. The molecule has 26 heavy (non-hydrogen) atoms. The lowest BCUT2D eigenvalue weighted by Crippen LogP contribution is -2.47. The van der Waals surface area contributed by atoms with Crippen molar-refractivity contribution in [3.8, 4) is 0 Å². The van der Waals surface area contributed by atoms with Gasteiger partial charge in [0.1, 0.15) is 0 Å². The SMILES string of the molecule is CCCS(=O)(=O)NC1CCN(C(=O)c2cc(S(C)(=O)=O)ccc2Cl)CC1. The number of sulfonamides is 1. The third-order valence-electron chi connectivity index (χ3n) is 4.20. The molecule has 0 atom stereocenters. The molecular weight excluding hydrogens is 400 g/mol. The minimum Gasteiger partial charge on any atom is -0.338 e. The van der Waals surface area contributed by atoms with Crippen LogP contribution in [0.1, 0.15) is 36.5 Å². The first-order valence-corrected chi connectivity index (χ1v) is 12.2. The molecule has 1 amide bonds. The van der Waals surface area contributed by atoms with Crippen molar-refractivity contribution in [2.24, 2.45) is 0 Å². The van der Waals surface area contributed by atoms with Crippen LogP contribution in [-0.2, 0) is 19.9 Å². The predicted octanol–water partition coefficient (Wildman–Crippen LogP) is 1.68. The van der Waals surface area contributed by atoms with Gasteiger partial charge in [-0.15, -0.1) is 0 Å². The zero-order valence-electron chi connectivity index (χ0n) is 14.7. The normalized spacial score (nSPS) is 16.7. The topological polar surface area (TPSA) is 101 Å². The molecule has 2 rings (SSSR count). The molecule has 1 heterocycles. The van der Waals surface area contributed by atoms with Crippen LogP contribution in [0.15, 0.2) is 23.1 Å². The Hall–Kier alpha value is -1.16. The zero-order valence-corrected chi connectivity index (χ0v) is 17.1. The van der Waals surface area contributed by atoms with Crippen molar-refractivity contribution in [1.29, 1.82) is 0 Å². The molecule has 1 N–H and O–H groups in total. The van der Waals surface area contributed by atoms with Gasteiger partial charge in [-0.1, -0.05) is 18.5 Å². The second-order valence-corrected chi connectivity index (χ2v) is 10.7. The molecule has 1 saturated heterocycles. The van der Waals surface area contributed by atoms with Gasteiger partial charge < -0.3 is 4.90 Å². The van der Waals surface area contributed by atoms with Crippen LogP contribution in [0, 0.1) is 0 Å². The summed E-state index contributed by atoms with van der Waals surface area (Å²) >= 11 is 6.08. The molecule has 7 nitrogen and oxygen atoms in total. The quantitative estimate of drug-likeness (QED) is 0.751. The van der Waals surface area contributed by atoms with E-state index < -0.39 is 19.9 Å². The van der Waals surface area contributed by atoms with Crippen LogP contribution in [0.25, 0.3) is 0 Å². The lowest BCUT2D eigenvalue weighted by Gasteiger charge is -2.32. The molecule has 0 saturated carbocycles.